The van der Waals surface area contributed by atoms with Gasteiger partial charge in [0.25, 0.3) is 5.56 Å². The summed E-state index contributed by atoms with van der Waals surface area (Å²) < 4.78 is 12.5. The second-order valence-corrected chi connectivity index (χ2v) is 2.57. The zero-order valence-corrected chi connectivity index (χ0v) is 9.63. The van der Waals surface area contributed by atoms with Crippen molar-refractivity contribution in [3.63, 3.8) is 0 Å². The molecule has 0 spiro atoms. The van der Waals surface area contributed by atoms with E-state index in [-0.39, 0.29) is 45.3 Å². The summed E-state index contributed by atoms with van der Waals surface area (Å²) >= 11 is 10.6. The Kier molecular flexibility index (Phi) is 4.58. The van der Waals surface area contributed by atoms with E-state index >= 15 is 0 Å². The minimum absolute atomic E-state index is 0. The molecule has 0 radical (unpaired) electrons. The van der Waals surface area contributed by atoms with Crippen molar-refractivity contribution >= 4 is 28.9 Å². The summed E-state index contributed by atoms with van der Waals surface area (Å²) in [6.45, 7) is 0. The second-order valence-electron chi connectivity index (χ2n) is 1.81. The number of hydrogen-bond donors (Lipinski definition) is 2. The van der Waals surface area contributed by atoms with Crippen LogP contribution in [0.15, 0.2) is 4.79 Å². The van der Waals surface area contributed by atoms with E-state index in [1.54, 1.807) is 4.98 Å². The van der Waals surface area contributed by atoms with Gasteiger partial charge in [-0.25, -0.2) is 0 Å². The minimum atomic E-state index is -0.974. The van der Waals surface area contributed by atoms with Crippen LogP contribution in [0.3, 0.4) is 0 Å². The Hall–Kier alpha value is 0.260. The van der Waals surface area contributed by atoms with Gasteiger partial charge < -0.3 is 5.73 Å². The Balaban J connectivity index is 0.00000121. The van der Waals surface area contributed by atoms with Gasteiger partial charge in [-0.1, -0.05) is 23.2 Å². The summed E-state index contributed by atoms with van der Waals surface area (Å²) in [5, 5.41) is -0.661. The van der Waals surface area contributed by atoms with Gasteiger partial charge in [0, 0.05) is 0 Å². The van der Waals surface area contributed by atoms with E-state index in [1.807, 2.05) is 0 Å². The van der Waals surface area contributed by atoms with Crippen LogP contribution in [0.25, 0.3) is 0 Å². The van der Waals surface area contributed by atoms with E-state index < -0.39 is 11.5 Å². The summed E-state index contributed by atoms with van der Waals surface area (Å²) in [6.07, 6.45) is 0. The Morgan fingerprint density at radius 3 is 2.33 bits per heavy atom. The Morgan fingerprint density at radius 2 is 1.83 bits per heavy atom. The first kappa shape index (κ1) is 12.3. The van der Waals surface area contributed by atoms with Crippen molar-refractivity contribution in [1.29, 1.82) is 0 Å². The number of aromatic amines is 1. The fourth-order valence-corrected chi connectivity index (χ4v) is 0.878. The second kappa shape index (κ2) is 4.48. The van der Waals surface area contributed by atoms with Crippen molar-refractivity contribution < 1.29 is 33.9 Å². The number of H-pyrrole nitrogens is 1. The van der Waals surface area contributed by atoms with Crippen LogP contribution in [-0.2, 0) is 0 Å². The van der Waals surface area contributed by atoms with Crippen molar-refractivity contribution in [2.75, 3.05) is 5.73 Å². The average Bonchev–Trinajstić information content (AvgIpc) is 1.97. The first-order chi connectivity index (χ1) is 5.04. The van der Waals surface area contributed by atoms with Gasteiger partial charge in [0.15, 0.2) is 0 Å². The molecule has 1 aromatic heterocycles. The molecule has 3 nitrogen and oxygen atoms in total. The zero-order chi connectivity index (χ0) is 8.59. The molecule has 3 N–H and O–H groups in total. The number of anilines is 1. The number of halogens is 3. The molecule has 60 valence electrons. The molecule has 0 saturated heterocycles. The molecule has 0 unspecified atom stereocenters. The Labute approximate surface area is 99.3 Å². The smallest absolute Gasteiger partial charge is 0.396 e. The standard InChI is InChI=1S/C5H3Cl2FN2O.Na/c6-1-3(9)2(7)5(11)10-4(1)8;/h(H3,9,10,11);/q;+1. The summed E-state index contributed by atoms with van der Waals surface area (Å²) in [4.78, 5) is 12.4. The van der Waals surface area contributed by atoms with Gasteiger partial charge >= 0.3 is 29.6 Å². The van der Waals surface area contributed by atoms with Crippen molar-refractivity contribution in [2.24, 2.45) is 0 Å². The topological polar surface area (TPSA) is 58.9 Å². The quantitative estimate of drug-likeness (QED) is 0.409. The Morgan fingerprint density at radius 1 is 1.33 bits per heavy atom. The molecule has 0 aliphatic rings. The van der Waals surface area contributed by atoms with Gasteiger partial charge in [0.2, 0.25) is 5.95 Å². The molecule has 0 aliphatic carbocycles. The molecular weight excluding hydrogens is 217 g/mol. The molecule has 7 heteroatoms. The van der Waals surface area contributed by atoms with Crippen LogP contribution in [0.2, 0.25) is 10.0 Å². The normalized spacial score (nSPS) is 9.25. The first-order valence-corrected chi connectivity index (χ1v) is 3.32. The molecular formula is C5H3Cl2FN2NaO+. The monoisotopic (exact) mass is 219 g/mol. The molecule has 12 heavy (non-hydrogen) atoms. The fraction of sp³-hybridized carbons (Fsp3) is 0. The molecule has 1 heterocycles. The summed E-state index contributed by atoms with van der Waals surface area (Å²) in [7, 11) is 0. The van der Waals surface area contributed by atoms with E-state index in [0.717, 1.165) is 0 Å². The van der Waals surface area contributed by atoms with Gasteiger partial charge in [-0.15, -0.1) is 0 Å². The number of aromatic nitrogens is 1. The van der Waals surface area contributed by atoms with E-state index in [0.29, 0.717) is 0 Å². The average molecular weight is 220 g/mol. The predicted octanol–water partition coefficient (Wildman–Crippen LogP) is -1.59. The Bertz CT molecular complexity index is 354. The van der Waals surface area contributed by atoms with E-state index in [4.69, 9.17) is 28.9 Å². The van der Waals surface area contributed by atoms with Crippen LogP contribution < -0.4 is 40.9 Å². The van der Waals surface area contributed by atoms with Gasteiger partial charge in [-0.2, -0.15) is 4.39 Å². The number of rotatable bonds is 0. The third kappa shape index (κ3) is 2.14. The first-order valence-electron chi connectivity index (χ1n) is 2.56. The van der Waals surface area contributed by atoms with Crippen molar-refractivity contribution in [1.82, 2.24) is 4.98 Å². The van der Waals surface area contributed by atoms with Crippen molar-refractivity contribution in [3.8, 4) is 0 Å². The zero-order valence-electron chi connectivity index (χ0n) is 6.12. The van der Waals surface area contributed by atoms with Crippen LogP contribution in [-0.4, -0.2) is 4.98 Å². The van der Waals surface area contributed by atoms with Crippen molar-refractivity contribution in [2.45, 2.75) is 0 Å². The van der Waals surface area contributed by atoms with E-state index in [9.17, 15) is 9.18 Å². The van der Waals surface area contributed by atoms with Gasteiger partial charge in [0.1, 0.15) is 10.0 Å². The third-order valence-electron chi connectivity index (χ3n) is 1.09. The maximum atomic E-state index is 12.5. The minimum Gasteiger partial charge on any atom is -0.396 e. The fourth-order valence-electron chi connectivity index (χ4n) is 0.546. The molecule has 1 aromatic rings. The third-order valence-corrected chi connectivity index (χ3v) is 1.83. The van der Waals surface area contributed by atoms with Crippen LogP contribution in [0.5, 0.6) is 0 Å². The largest absolute Gasteiger partial charge is 1.00 e. The maximum Gasteiger partial charge on any atom is 1.00 e. The van der Waals surface area contributed by atoms with Gasteiger partial charge in [0.05, 0.1) is 5.69 Å². The number of hydrogen-bond acceptors (Lipinski definition) is 2. The van der Waals surface area contributed by atoms with Gasteiger partial charge in [-0.3, -0.25) is 9.78 Å². The van der Waals surface area contributed by atoms with Crippen LogP contribution in [0, 0.1) is 5.95 Å². The molecule has 1 rings (SSSR count). The summed E-state index contributed by atoms with van der Waals surface area (Å²) in [6, 6.07) is 0. The molecule has 0 saturated carbocycles. The SMILES string of the molecule is Nc1c(Cl)c(F)[nH]c(=O)c1Cl.[Na+]. The molecule has 0 aromatic carbocycles. The molecule has 0 amide bonds. The predicted molar refractivity (Wildman–Crippen MR) is 41.5 cm³/mol. The molecule has 0 fully saturated rings. The molecule has 0 aliphatic heterocycles. The van der Waals surface area contributed by atoms with Crippen molar-refractivity contribution in [3.05, 3.63) is 26.3 Å². The van der Waals surface area contributed by atoms with Gasteiger partial charge in [-0.05, 0) is 0 Å². The number of pyridine rings is 1. The van der Waals surface area contributed by atoms with E-state index in [1.165, 1.54) is 0 Å². The van der Waals surface area contributed by atoms with Crippen LogP contribution in [0.1, 0.15) is 0 Å². The number of nitrogens with one attached hydrogen (secondary N) is 1. The number of nitrogens with two attached hydrogens (primary N) is 1. The summed E-state index contributed by atoms with van der Waals surface area (Å²) in [5.41, 5.74) is 4.13. The van der Waals surface area contributed by atoms with Crippen LogP contribution >= 0.6 is 23.2 Å². The van der Waals surface area contributed by atoms with E-state index in [2.05, 4.69) is 0 Å². The molecule has 0 bridgehead atoms. The summed E-state index contributed by atoms with van der Waals surface area (Å²) in [5.74, 6) is -0.974. The van der Waals surface area contributed by atoms with Crippen LogP contribution in [0.4, 0.5) is 10.1 Å². The molecule has 0 atom stereocenters. The number of nitrogen functional groups attached to an aromatic ring is 1. The maximum absolute atomic E-state index is 12.5.